The van der Waals surface area contributed by atoms with Gasteiger partial charge in [-0.1, -0.05) is 143 Å². The zero-order valence-corrected chi connectivity index (χ0v) is 26.8. The van der Waals surface area contributed by atoms with Gasteiger partial charge in [0, 0.05) is 5.02 Å². The number of benzene rings is 2. The van der Waals surface area contributed by atoms with Crippen LogP contribution in [0.3, 0.4) is 0 Å². The van der Waals surface area contributed by atoms with E-state index in [0.717, 1.165) is 29.8 Å². The Morgan fingerprint density at radius 3 is 1.90 bits per heavy atom. The molecule has 2 aromatic carbocycles. The molecule has 0 saturated carbocycles. The van der Waals surface area contributed by atoms with Crippen molar-refractivity contribution in [2.24, 2.45) is 5.92 Å². The molecule has 1 aromatic heterocycles. The van der Waals surface area contributed by atoms with E-state index in [9.17, 15) is 5.11 Å². The van der Waals surface area contributed by atoms with Crippen molar-refractivity contribution in [1.82, 2.24) is 15.0 Å². The number of unbranched alkanes of at least 4 members (excludes halogenated alkanes) is 7. The summed E-state index contributed by atoms with van der Waals surface area (Å²) in [5, 5.41) is 19.7. The van der Waals surface area contributed by atoms with E-state index in [4.69, 9.17) is 11.6 Å². The molecule has 0 bridgehead atoms. The molecular weight excluding hydrogens is 502 g/mol. The van der Waals surface area contributed by atoms with Crippen LogP contribution in [0.5, 0.6) is 5.75 Å². The second-order valence-electron chi connectivity index (χ2n) is 10.7. The van der Waals surface area contributed by atoms with E-state index in [1.165, 1.54) is 87.4 Å². The Kier molecular flexibility index (Phi) is 18.6. The zero-order valence-electron chi connectivity index (χ0n) is 26.0. The number of hydrogen-bond donors (Lipinski definition) is 1. The van der Waals surface area contributed by atoms with Crippen molar-refractivity contribution >= 4 is 22.6 Å². The molecule has 0 aliphatic rings. The summed E-state index contributed by atoms with van der Waals surface area (Å²) in [4.78, 5) is 1.47. The average Bonchev–Trinajstić information content (AvgIpc) is 3.35. The van der Waals surface area contributed by atoms with Crippen LogP contribution in [-0.2, 0) is 6.42 Å². The summed E-state index contributed by atoms with van der Waals surface area (Å²) >= 11 is 5.97. The van der Waals surface area contributed by atoms with Crippen LogP contribution in [0.1, 0.15) is 136 Å². The van der Waals surface area contributed by atoms with E-state index in [1.54, 1.807) is 12.1 Å². The van der Waals surface area contributed by atoms with E-state index in [2.05, 4.69) is 51.7 Å². The van der Waals surface area contributed by atoms with Crippen LogP contribution in [0.15, 0.2) is 30.3 Å². The number of aromatic nitrogens is 3. The highest BCUT2D eigenvalue weighted by molar-refractivity contribution is 6.31. The summed E-state index contributed by atoms with van der Waals surface area (Å²) in [5.74, 6) is 1.21. The van der Waals surface area contributed by atoms with E-state index in [-0.39, 0.29) is 5.75 Å². The van der Waals surface area contributed by atoms with Gasteiger partial charge in [-0.05, 0) is 54.7 Å². The lowest BCUT2D eigenvalue weighted by molar-refractivity contribution is 0.438. The molecule has 0 aliphatic heterocycles. The van der Waals surface area contributed by atoms with Crippen LogP contribution in [0.25, 0.3) is 16.7 Å². The SMILES string of the molecule is CCCCC(CC)CC.CCCCCCCCC.CCCc1cc(C)c(O)c(-n2nc3ccc(Cl)cc3n2)c1. The lowest BCUT2D eigenvalue weighted by atomic mass is 9.97. The molecular formula is C34H56ClN3O. The van der Waals surface area contributed by atoms with E-state index in [0.29, 0.717) is 16.2 Å². The molecule has 5 heteroatoms. The van der Waals surface area contributed by atoms with Gasteiger partial charge in [-0.2, -0.15) is 0 Å². The third-order valence-corrected chi connectivity index (χ3v) is 7.50. The predicted octanol–water partition coefficient (Wildman–Crippen LogP) is 11.4. The Hall–Kier alpha value is -2.07. The number of aryl methyl sites for hydroxylation is 2. The van der Waals surface area contributed by atoms with Crippen LogP contribution in [0, 0.1) is 12.8 Å². The summed E-state index contributed by atoms with van der Waals surface area (Å²) in [6, 6.07) is 9.30. The van der Waals surface area contributed by atoms with Crippen LogP contribution < -0.4 is 0 Å². The Morgan fingerprint density at radius 2 is 1.33 bits per heavy atom. The molecule has 1 N–H and O–H groups in total. The number of aromatic hydroxyl groups is 1. The zero-order chi connectivity index (χ0) is 29.0. The van der Waals surface area contributed by atoms with E-state index in [1.807, 2.05) is 25.1 Å². The Morgan fingerprint density at radius 1 is 0.744 bits per heavy atom. The lowest BCUT2D eigenvalue weighted by Gasteiger charge is -2.09. The minimum absolute atomic E-state index is 0.209. The number of phenolic OH excluding ortho intramolecular Hbond substituents is 1. The number of halogens is 1. The molecule has 1 heterocycles. The summed E-state index contributed by atoms with van der Waals surface area (Å²) in [6.07, 6.45) is 19.0. The number of nitrogens with zero attached hydrogens (tertiary/aromatic N) is 3. The Labute approximate surface area is 244 Å². The average molecular weight is 558 g/mol. The highest BCUT2D eigenvalue weighted by atomic mass is 35.5. The first-order chi connectivity index (χ1) is 18.8. The van der Waals surface area contributed by atoms with Gasteiger partial charge in [0.05, 0.1) is 0 Å². The lowest BCUT2D eigenvalue weighted by Crippen LogP contribution is -2.01. The van der Waals surface area contributed by atoms with Crippen molar-refractivity contribution in [3.63, 3.8) is 0 Å². The van der Waals surface area contributed by atoms with Crippen molar-refractivity contribution in [1.29, 1.82) is 0 Å². The molecule has 39 heavy (non-hydrogen) atoms. The molecule has 3 aromatic rings. The Balaban J connectivity index is 0.000000353. The first-order valence-corrected chi connectivity index (χ1v) is 16.1. The second kappa shape index (κ2) is 20.8. The molecule has 0 unspecified atom stereocenters. The largest absolute Gasteiger partial charge is 0.505 e. The van der Waals surface area contributed by atoms with Crippen LogP contribution >= 0.6 is 11.6 Å². The molecule has 0 spiro atoms. The highest BCUT2D eigenvalue weighted by Crippen LogP contribution is 2.28. The summed E-state index contributed by atoms with van der Waals surface area (Å²) < 4.78 is 0. The monoisotopic (exact) mass is 557 g/mol. The molecule has 0 radical (unpaired) electrons. The first kappa shape index (κ1) is 35.0. The topological polar surface area (TPSA) is 50.9 Å². The van der Waals surface area contributed by atoms with Crippen molar-refractivity contribution in [3.8, 4) is 11.4 Å². The molecule has 0 fully saturated rings. The van der Waals surface area contributed by atoms with Gasteiger partial charge >= 0.3 is 0 Å². The van der Waals surface area contributed by atoms with Crippen molar-refractivity contribution in [2.45, 2.75) is 138 Å². The van der Waals surface area contributed by atoms with Crippen molar-refractivity contribution < 1.29 is 5.11 Å². The maximum Gasteiger partial charge on any atom is 0.146 e. The van der Waals surface area contributed by atoms with E-state index >= 15 is 0 Å². The van der Waals surface area contributed by atoms with Crippen LogP contribution in [0.2, 0.25) is 5.02 Å². The molecule has 0 amide bonds. The number of phenols is 1. The van der Waals surface area contributed by atoms with E-state index < -0.39 is 0 Å². The van der Waals surface area contributed by atoms with Gasteiger partial charge in [-0.25, -0.2) is 0 Å². The van der Waals surface area contributed by atoms with Gasteiger partial charge in [-0.3, -0.25) is 0 Å². The fourth-order valence-electron chi connectivity index (χ4n) is 4.64. The van der Waals surface area contributed by atoms with Gasteiger partial charge < -0.3 is 5.11 Å². The summed E-state index contributed by atoms with van der Waals surface area (Å²) in [5.41, 5.74) is 4.06. The molecule has 0 atom stereocenters. The van der Waals surface area contributed by atoms with Gasteiger partial charge in [0.15, 0.2) is 0 Å². The Bertz CT molecular complexity index is 1040. The summed E-state index contributed by atoms with van der Waals surface area (Å²) in [6.45, 7) is 15.4. The molecule has 0 aliphatic carbocycles. The van der Waals surface area contributed by atoms with Gasteiger partial charge in [0.25, 0.3) is 0 Å². The number of rotatable bonds is 14. The third-order valence-electron chi connectivity index (χ3n) is 7.26. The highest BCUT2D eigenvalue weighted by Gasteiger charge is 2.12. The predicted molar refractivity (Wildman–Crippen MR) is 172 cm³/mol. The van der Waals surface area contributed by atoms with Crippen molar-refractivity contribution in [2.75, 3.05) is 0 Å². The summed E-state index contributed by atoms with van der Waals surface area (Å²) in [7, 11) is 0. The minimum Gasteiger partial charge on any atom is -0.505 e. The van der Waals surface area contributed by atoms with Crippen LogP contribution in [0.4, 0.5) is 0 Å². The third kappa shape index (κ3) is 13.2. The van der Waals surface area contributed by atoms with Crippen LogP contribution in [-0.4, -0.2) is 20.1 Å². The van der Waals surface area contributed by atoms with Gasteiger partial charge in [0.1, 0.15) is 22.5 Å². The molecule has 220 valence electrons. The minimum atomic E-state index is 0.209. The fraction of sp³-hybridized carbons (Fsp3) is 0.647. The number of hydrogen-bond acceptors (Lipinski definition) is 3. The standard InChI is InChI=1S/C16H16ClN3O.2C9H20/c1-3-4-11-7-10(2)16(21)15(8-11)20-18-13-6-5-12(17)9-14(13)19-20;1-4-7-8-9(5-2)6-3;1-3-5-7-9-8-6-4-2/h5-9,21H,3-4H2,1-2H3;9H,4-8H2,1-3H3;3-9H2,1-2H3. The normalized spacial score (nSPS) is 10.8. The maximum atomic E-state index is 10.3. The van der Waals surface area contributed by atoms with Gasteiger partial charge in [0.2, 0.25) is 0 Å². The fourth-order valence-corrected chi connectivity index (χ4v) is 4.80. The van der Waals surface area contributed by atoms with Crippen molar-refractivity contribution in [3.05, 3.63) is 46.5 Å². The molecule has 3 rings (SSSR count). The quantitative estimate of drug-likeness (QED) is 0.200. The van der Waals surface area contributed by atoms with Gasteiger partial charge in [-0.15, -0.1) is 15.0 Å². The first-order valence-electron chi connectivity index (χ1n) is 15.7. The second-order valence-corrected chi connectivity index (χ2v) is 11.2. The number of fused-ring (bicyclic) bond motifs is 1. The maximum absolute atomic E-state index is 10.3. The smallest absolute Gasteiger partial charge is 0.146 e. The molecule has 4 nitrogen and oxygen atoms in total. The molecule has 0 saturated heterocycles.